The van der Waals surface area contributed by atoms with Crippen LogP contribution in [0.5, 0.6) is 5.75 Å². The SMILES string of the molecule is COc1cc(NC=C(C#N)C#N)c(Cl)c(C(F)(F)F)c1. The van der Waals surface area contributed by atoms with E-state index in [1.54, 1.807) is 12.1 Å². The van der Waals surface area contributed by atoms with Crippen LogP contribution in [0.4, 0.5) is 18.9 Å². The summed E-state index contributed by atoms with van der Waals surface area (Å²) in [5.41, 5.74) is -1.51. The summed E-state index contributed by atoms with van der Waals surface area (Å²) in [6, 6.07) is 5.09. The van der Waals surface area contributed by atoms with Crippen LogP contribution in [0.15, 0.2) is 23.9 Å². The Kier molecular flexibility index (Phi) is 4.84. The number of hydrogen-bond acceptors (Lipinski definition) is 4. The third kappa shape index (κ3) is 3.56. The Morgan fingerprint density at radius 1 is 1.35 bits per heavy atom. The van der Waals surface area contributed by atoms with E-state index >= 15 is 0 Å². The van der Waals surface area contributed by atoms with Crippen molar-refractivity contribution in [2.45, 2.75) is 6.18 Å². The number of nitrogens with one attached hydrogen (secondary N) is 1. The van der Waals surface area contributed by atoms with Gasteiger partial charge in [0.2, 0.25) is 0 Å². The lowest BCUT2D eigenvalue weighted by Gasteiger charge is -2.14. The predicted octanol–water partition coefficient (Wildman–Crippen LogP) is 3.71. The summed E-state index contributed by atoms with van der Waals surface area (Å²) >= 11 is 5.66. The van der Waals surface area contributed by atoms with Crippen LogP contribution in [0.2, 0.25) is 5.02 Å². The molecule has 1 aromatic carbocycles. The molecule has 0 saturated carbocycles. The van der Waals surface area contributed by atoms with Crippen molar-refractivity contribution in [3.8, 4) is 17.9 Å². The number of anilines is 1. The highest BCUT2D eigenvalue weighted by Gasteiger charge is 2.35. The van der Waals surface area contributed by atoms with E-state index in [1.807, 2.05) is 0 Å². The molecular weight excluding hydrogens is 295 g/mol. The number of alkyl halides is 3. The third-order valence-corrected chi connectivity index (χ3v) is 2.61. The number of methoxy groups -OCH3 is 1. The van der Waals surface area contributed by atoms with Crippen LogP contribution in [0.25, 0.3) is 0 Å². The first-order valence-corrected chi connectivity index (χ1v) is 5.43. The van der Waals surface area contributed by atoms with Crippen molar-refractivity contribution in [3.05, 3.63) is 34.5 Å². The molecule has 104 valence electrons. The zero-order chi connectivity index (χ0) is 15.3. The highest BCUT2D eigenvalue weighted by molar-refractivity contribution is 6.34. The van der Waals surface area contributed by atoms with Gasteiger partial charge in [-0.1, -0.05) is 11.6 Å². The van der Waals surface area contributed by atoms with Crippen molar-refractivity contribution in [1.29, 1.82) is 10.5 Å². The zero-order valence-electron chi connectivity index (χ0n) is 10.0. The van der Waals surface area contributed by atoms with E-state index in [2.05, 4.69) is 5.32 Å². The fraction of sp³-hybridized carbons (Fsp3) is 0.167. The van der Waals surface area contributed by atoms with Gasteiger partial charge in [-0.3, -0.25) is 0 Å². The summed E-state index contributed by atoms with van der Waals surface area (Å²) in [7, 11) is 1.21. The van der Waals surface area contributed by atoms with Crippen LogP contribution in [0.3, 0.4) is 0 Å². The van der Waals surface area contributed by atoms with Crippen LogP contribution in [-0.4, -0.2) is 7.11 Å². The lowest BCUT2D eigenvalue weighted by atomic mass is 10.1. The van der Waals surface area contributed by atoms with Gasteiger partial charge in [-0.05, 0) is 6.07 Å². The standard InChI is InChI=1S/C12H7ClF3N3O/c1-20-8-2-9(12(14,15)16)11(13)10(3-8)19-6-7(4-17)5-18/h2-3,6,19H,1H3. The molecule has 1 rings (SSSR count). The van der Waals surface area contributed by atoms with Crippen molar-refractivity contribution in [2.75, 3.05) is 12.4 Å². The second kappa shape index (κ2) is 6.18. The average Bonchev–Trinajstić information content (AvgIpc) is 2.40. The highest BCUT2D eigenvalue weighted by atomic mass is 35.5. The van der Waals surface area contributed by atoms with Gasteiger partial charge in [-0.2, -0.15) is 23.7 Å². The maximum Gasteiger partial charge on any atom is 0.418 e. The summed E-state index contributed by atoms with van der Waals surface area (Å²) in [5.74, 6) is -0.0620. The molecule has 8 heteroatoms. The minimum absolute atomic E-state index is 0.0620. The van der Waals surface area contributed by atoms with E-state index in [-0.39, 0.29) is 17.0 Å². The first-order chi connectivity index (χ1) is 9.33. The molecule has 0 unspecified atom stereocenters. The Balaban J connectivity index is 3.31. The first kappa shape index (κ1) is 15.7. The van der Waals surface area contributed by atoms with E-state index in [4.69, 9.17) is 26.9 Å². The van der Waals surface area contributed by atoms with E-state index in [1.165, 1.54) is 13.2 Å². The molecule has 0 aromatic heterocycles. The molecule has 0 aliphatic carbocycles. The third-order valence-electron chi connectivity index (χ3n) is 2.20. The molecule has 0 bridgehead atoms. The van der Waals surface area contributed by atoms with Gasteiger partial charge < -0.3 is 10.1 Å². The average molecular weight is 302 g/mol. The van der Waals surface area contributed by atoms with Crippen LogP contribution >= 0.6 is 11.6 Å². The molecule has 1 aromatic rings. The highest BCUT2D eigenvalue weighted by Crippen LogP contribution is 2.41. The number of halogens is 4. The van der Waals surface area contributed by atoms with Crippen molar-refractivity contribution in [2.24, 2.45) is 0 Å². The quantitative estimate of drug-likeness (QED) is 0.864. The Morgan fingerprint density at radius 2 is 1.95 bits per heavy atom. The van der Waals surface area contributed by atoms with Gasteiger partial charge in [0.05, 0.1) is 23.4 Å². The van der Waals surface area contributed by atoms with E-state index in [0.717, 1.165) is 12.3 Å². The molecule has 0 fully saturated rings. The number of benzene rings is 1. The number of nitriles is 2. The molecule has 0 amide bonds. The predicted molar refractivity (Wildman–Crippen MR) is 65.9 cm³/mol. The molecule has 0 aliphatic rings. The van der Waals surface area contributed by atoms with Gasteiger partial charge in [-0.25, -0.2) is 0 Å². The summed E-state index contributed by atoms with van der Waals surface area (Å²) < 4.78 is 43.1. The molecule has 0 heterocycles. The topological polar surface area (TPSA) is 68.8 Å². The maximum atomic E-state index is 12.8. The minimum Gasteiger partial charge on any atom is -0.497 e. The second-order valence-electron chi connectivity index (χ2n) is 3.46. The fourth-order valence-corrected chi connectivity index (χ4v) is 1.54. The van der Waals surface area contributed by atoms with E-state index < -0.39 is 16.8 Å². The summed E-state index contributed by atoms with van der Waals surface area (Å²) in [6.07, 6.45) is -3.69. The number of nitrogens with zero attached hydrogens (tertiary/aromatic N) is 2. The molecule has 0 saturated heterocycles. The van der Waals surface area contributed by atoms with Crippen LogP contribution in [0.1, 0.15) is 5.56 Å². The van der Waals surface area contributed by atoms with Crippen molar-refractivity contribution in [3.63, 3.8) is 0 Å². The monoisotopic (exact) mass is 301 g/mol. The molecule has 20 heavy (non-hydrogen) atoms. The van der Waals surface area contributed by atoms with Gasteiger partial charge in [0, 0.05) is 12.3 Å². The summed E-state index contributed by atoms with van der Waals surface area (Å²) in [6.45, 7) is 0. The molecule has 1 N–H and O–H groups in total. The van der Waals surface area contributed by atoms with Gasteiger partial charge in [0.25, 0.3) is 0 Å². The number of hydrogen-bond donors (Lipinski definition) is 1. The van der Waals surface area contributed by atoms with Crippen LogP contribution in [0, 0.1) is 22.7 Å². The van der Waals surface area contributed by atoms with Gasteiger partial charge in [0.1, 0.15) is 23.5 Å². The second-order valence-corrected chi connectivity index (χ2v) is 3.84. The lowest BCUT2D eigenvalue weighted by molar-refractivity contribution is -0.137. The summed E-state index contributed by atoms with van der Waals surface area (Å²) in [4.78, 5) is 0. The van der Waals surface area contributed by atoms with E-state index in [0.29, 0.717) is 0 Å². The van der Waals surface area contributed by atoms with Crippen LogP contribution in [-0.2, 0) is 6.18 Å². The van der Waals surface area contributed by atoms with Crippen LogP contribution < -0.4 is 10.1 Å². The van der Waals surface area contributed by atoms with Crippen molar-refractivity contribution in [1.82, 2.24) is 0 Å². The Hall–Kier alpha value is -2.38. The Bertz CT molecular complexity index is 611. The number of ether oxygens (including phenoxy) is 1. The molecule has 0 atom stereocenters. The van der Waals surface area contributed by atoms with Crippen molar-refractivity contribution < 1.29 is 17.9 Å². The zero-order valence-corrected chi connectivity index (χ0v) is 10.8. The van der Waals surface area contributed by atoms with Gasteiger partial charge >= 0.3 is 6.18 Å². The molecule has 4 nitrogen and oxygen atoms in total. The fourth-order valence-electron chi connectivity index (χ4n) is 1.27. The normalized spacial score (nSPS) is 10.2. The Labute approximate surface area is 117 Å². The lowest BCUT2D eigenvalue weighted by Crippen LogP contribution is -2.08. The van der Waals surface area contributed by atoms with Gasteiger partial charge in [0.15, 0.2) is 0 Å². The first-order valence-electron chi connectivity index (χ1n) is 5.05. The number of rotatable bonds is 3. The maximum absolute atomic E-state index is 12.8. The molecular formula is C12H7ClF3N3O. The number of allylic oxidation sites excluding steroid dienone is 1. The van der Waals surface area contributed by atoms with Crippen molar-refractivity contribution >= 4 is 17.3 Å². The minimum atomic E-state index is -4.65. The molecule has 0 aliphatic heterocycles. The summed E-state index contributed by atoms with van der Waals surface area (Å²) in [5, 5.41) is 18.9. The molecule has 0 spiro atoms. The largest absolute Gasteiger partial charge is 0.497 e. The van der Waals surface area contributed by atoms with E-state index in [9.17, 15) is 13.2 Å². The smallest absolute Gasteiger partial charge is 0.418 e. The molecule has 0 radical (unpaired) electrons. The van der Waals surface area contributed by atoms with Gasteiger partial charge in [-0.15, -0.1) is 0 Å². The Morgan fingerprint density at radius 3 is 2.40 bits per heavy atom.